The number of aromatic nitrogens is 1. The van der Waals surface area contributed by atoms with E-state index < -0.39 is 0 Å². The van der Waals surface area contributed by atoms with Gasteiger partial charge in [0.25, 0.3) is 0 Å². The maximum atomic E-state index is 11.3. The van der Waals surface area contributed by atoms with Crippen molar-refractivity contribution in [2.45, 2.75) is 20.5 Å². The monoisotopic (exact) mass is 327 g/mol. The Morgan fingerprint density at radius 1 is 1.38 bits per heavy atom. The smallest absolute Gasteiger partial charge is 0.221 e. The number of aromatic amines is 1. The molecule has 5 nitrogen and oxygen atoms in total. The summed E-state index contributed by atoms with van der Waals surface area (Å²) in [6, 6.07) is 6.23. The number of hydrogen-bond donors (Lipinski definition) is 2. The summed E-state index contributed by atoms with van der Waals surface area (Å²) in [4.78, 5) is 17.0. The maximum Gasteiger partial charge on any atom is 0.221 e. The summed E-state index contributed by atoms with van der Waals surface area (Å²) in [6.07, 6.45) is 1.83. The van der Waals surface area contributed by atoms with Gasteiger partial charge in [0.15, 0.2) is 0 Å². The summed E-state index contributed by atoms with van der Waals surface area (Å²) in [5.74, 6) is 2.43. The maximum absolute atomic E-state index is 11.3. The lowest BCUT2D eigenvalue weighted by atomic mass is 10.1. The van der Waals surface area contributed by atoms with Gasteiger partial charge in [0.05, 0.1) is 18.9 Å². The first-order chi connectivity index (χ1) is 11.7. The van der Waals surface area contributed by atoms with Crippen LogP contribution in [0.3, 0.4) is 0 Å². The number of amides is 1. The van der Waals surface area contributed by atoms with Gasteiger partial charge in [-0.15, -0.1) is 0 Å². The van der Waals surface area contributed by atoms with Crippen LogP contribution in [0.1, 0.15) is 19.4 Å². The van der Waals surface area contributed by atoms with Crippen LogP contribution in [0, 0.1) is 17.8 Å². The van der Waals surface area contributed by atoms with E-state index in [1.165, 1.54) is 26.6 Å². The standard InChI is InChI=1S/C19H25N3O2/c1-3-22-8-15-16(9-22)17(15)11-24-10-13-4-5-18-14(6-13)19(7-20-18)21-12(2)23/h4-7,15-17,20H,3,8-11H2,1-2H3,(H,21,23)/t15-,16+,17+. The molecule has 3 atom stereocenters. The molecule has 1 saturated carbocycles. The number of carbonyl (C=O) groups excluding carboxylic acids is 1. The molecule has 1 aliphatic carbocycles. The second-order valence-corrected chi connectivity index (χ2v) is 7.12. The third-order valence-corrected chi connectivity index (χ3v) is 5.53. The van der Waals surface area contributed by atoms with Gasteiger partial charge in [0, 0.05) is 37.1 Å². The molecule has 1 aromatic heterocycles. The Morgan fingerprint density at radius 3 is 2.88 bits per heavy atom. The van der Waals surface area contributed by atoms with Gasteiger partial charge in [-0.3, -0.25) is 4.79 Å². The first-order valence-electron chi connectivity index (χ1n) is 8.83. The molecule has 1 saturated heterocycles. The van der Waals surface area contributed by atoms with E-state index in [0.717, 1.165) is 46.5 Å². The van der Waals surface area contributed by atoms with Gasteiger partial charge in [-0.25, -0.2) is 0 Å². The lowest BCUT2D eigenvalue weighted by Gasteiger charge is -2.16. The molecule has 2 fully saturated rings. The number of benzene rings is 1. The van der Waals surface area contributed by atoms with Crippen LogP contribution in [-0.2, 0) is 16.1 Å². The fourth-order valence-electron chi connectivity index (χ4n) is 4.11. The van der Waals surface area contributed by atoms with Crippen LogP contribution in [0.15, 0.2) is 24.4 Å². The first kappa shape index (κ1) is 15.7. The summed E-state index contributed by atoms with van der Waals surface area (Å²) in [6.45, 7) is 8.95. The summed E-state index contributed by atoms with van der Waals surface area (Å²) < 4.78 is 5.98. The van der Waals surface area contributed by atoms with E-state index >= 15 is 0 Å². The van der Waals surface area contributed by atoms with Gasteiger partial charge in [-0.2, -0.15) is 0 Å². The van der Waals surface area contributed by atoms with Crippen molar-refractivity contribution in [3.8, 4) is 0 Å². The topological polar surface area (TPSA) is 57.4 Å². The first-order valence-corrected chi connectivity index (χ1v) is 8.83. The molecule has 4 rings (SSSR count). The van der Waals surface area contributed by atoms with Crippen molar-refractivity contribution < 1.29 is 9.53 Å². The molecule has 2 aliphatic rings. The zero-order valence-electron chi connectivity index (χ0n) is 14.3. The minimum Gasteiger partial charge on any atom is -0.376 e. The second-order valence-electron chi connectivity index (χ2n) is 7.12. The van der Waals surface area contributed by atoms with Crippen molar-refractivity contribution >= 4 is 22.5 Å². The van der Waals surface area contributed by atoms with Crippen LogP contribution in [0.4, 0.5) is 5.69 Å². The quantitative estimate of drug-likeness (QED) is 0.858. The minimum absolute atomic E-state index is 0.0565. The Morgan fingerprint density at radius 2 is 2.17 bits per heavy atom. The van der Waals surface area contributed by atoms with E-state index in [9.17, 15) is 4.79 Å². The number of ether oxygens (including phenoxy) is 1. The summed E-state index contributed by atoms with van der Waals surface area (Å²) in [5, 5.41) is 3.90. The SMILES string of the molecule is CCN1C[C@@H]2[C@@H](COCc3ccc4[nH]cc(NC(C)=O)c4c3)[C@@H]2C1. The number of carbonyl (C=O) groups is 1. The average molecular weight is 327 g/mol. The fourth-order valence-corrected chi connectivity index (χ4v) is 4.11. The molecular weight excluding hydrogens is 302 g/mol. The van der Waals surface area contributed by atoms with Crippen molar-refractivity contribution in [3.05, 3.63) is 30.0 Å². The van der Waals surface area contributed by atoms with Crippen LogP contribution < -0.4 is 5.32 Å². The third-order valence-electron chi connectivity index (χ3n) is 5.53. The van der Waals surface area contributed by atoms with Crippen molar-refractivity contribution in [2.24, 2.45) is 17.8 Å². The highest BCUT2D eigenvalue weighted by atomic mass is 16.5. The predicted octanol–water partition coefficient (Wildman–Crippen LogP) is 2.84. The number of H-pyrrole nitrogens is 1. The predicted molar refractivity (Wildman–Crippen MR) is 94.8 cm³/mol. The zero-order valence-corrected chi connectivity index (χ0v) is 14.3. The highest BCUT2D eigenvalue weighted by molar-refractivity contribution is 6.01. The number of rotatable bonds is 6. The van der Waals surface area contributed by atoms with Crippen molar-refractivity contribution in [2.75, 3.05) is 31.6 Å². The Balaban J connectivity index is 1.33. The van der Waals surface area contributed by atoms with Gasteiger partial charge in [-0.05, 0) is 42.0 Å². The van der Waals surface area contributed by atoms with Gasteiger partial charge in [0.1, 0.15) is 0 Å². The number of anilines is 1. The van der Waals surface area contributed by atoms with Crippen molar-refractivity contribution in [1.82, 2.24) is 9.88 Å². The molecule has 1 amide bonds. The summed E-state index contributed by atoms with van der Waals surface area (Å²) >= 11 is 0. The average Bonchev–Trinajstić information content (AvgIpc) is 2.91. The second kappa shape index (κ2) is 6.22. The van der Waals surface area contributed by atoms with Crippen molar-refractivity contribution in [3.63, 3.8) is 0 Å². The fraction of sp³-hybridized carbons (Fsp3) is 0.526. The van der Waals surface area contributed by atoms with Gasteiger partial charge < -0.3 is 19.9 Å². The molecule has 0 spiro atoms. The van der Waals surface area contributed by atoms with Crippen molar-refractivity contribution in [1.29, 1.82) is 0 Å². The molecule has 2 heterocycles. The molecule has 0 bridgehead atoms. The molecular formula is C19H25N3O2. The Kier molecular flexibility index (Phi) is 4.06. The Bertz CT molecular complexity index is 742. The van der Waals surface area contributed by atoms with Gasteiger partial charge in [-0.1, -0.05) is 13.0 Å². The third kappa shape index (κ3) is 2.94. The molecule has 24 heavy (non-hydrogen) atoms. The number of likely N-dealkylation sites (tertiary alicyclic amines) is 1. The minimum atomic E-state index is -0.0565. The molecule has 2 N–H and O–H groups in total. The van der Waals surface area contributed by atoms with Crippen LogP contribution in [0.5, 0.6) is 0 Å². The van der Waals surface area contributed by atoms with E-state index in [0.29, 0.717) is 6.61 Å². The van der Waals surface area contributed by atoms with E-state index in [4.69, 9.17) is 4.74 Å². The molecule has 0 radical (unpaired) electrons. The molecule has 5 heteroatoms. The molecule has 1 aromatic carbocycles. The number of nitrogens with zero attached hydrogens (tertiary/aromatic N) is 1. The Labute approximate surface area is 142 Å². The normalized spacial score (nSPS) is 25.8. The molecule has 2 aromatic rings. The van der Waals surface area contributed by atoms with Gasteiger partial charge in [0.2, 0.25) is 5.91 Å². The van der Waals surface area contributed by atoms with Crippen LogP contribution in [0.2, 0.25) is 0 Å². The molecule has 128 valence electrons. The zero-order chi connectivity index (χ0) is 16.7. The van der Waals surface area contributed by atoms with Crippen LogP contribution >= 0.6 is 0 Å². The molecule has 1 aliphatic heterocycles. The van der Waals surface area contributed by atoms with E-state index in [1.54, 1.807) is 0 Å². The largest absolute Gasteiger partial charge is 0.376 e. The lowest BCUT2D eigenvalue weighted by molar-refractivity contribution is -0.114. The van der Waals surface area contributed by atoms with E-state index in [1.807, 2.05) is 12.3 Å². The Hall–Kier alpha value is -1.85. The number of piperidine rings is 1. The number of hydrogen-bond acceptors (Lipinski definition) is 3. The highest BCUT2D eigenvalue weighted by Crippen LogP contribution is 2.51. The van der Waals surface area contributed by atoms with Crippen LogP contribution in [0.25, 0.3) is 10.9 Å². The summed E-state index contributed by atoms with van der Waals surface area (Å²) in [5.41, 5.74) is 3.00. The van der Waals surface area contributed by atoms with Gasteiger partial charge >= 0.3 is 0 Å². The van der Waals surface area contributed by atoms with E-state index in [2.05, 4.69) is 34.3 Å². The number of nitrogens with one attached hydrogen (secondary N) is 2. The lowest BCUT2D eigenvalue weighted by Crippen LogP contribution is -2.24. The molecule has 0 unspecified atom stereocenters. The summed E-state index contributed by atoms with van der Waals surface area (Å²) in [7, 11) is 0. The van der Waals surface area contributed by atoms with E-state index in [-0.39, 0.29) is 5.91 Å². The highest BCUT2D eigenvalue weighted by Gasteiger charge is 2.54. The van der Waals surface area contributed by atoms with Crippen LogP contribution in [-0.4, -0.2) is 42.0 Å². The number of fused-ring (bicyclic) bond motifs is 2.